The third kappa shape index (κ3) is 3.47. The molecule has 0 amide bonds. The molecule has 23 heavy (non-hydrogen) atoms. The molecule has 0 aromatic carbocycles. The largest absolute Gasteiger partial charge is 0.396 e. The lowest BCUT2D eigenvalue weighted by atomic mass is 9.92. The Morgan fingerprint density at radius 3 is 2.43 bits per heavy atom. The Balaban J connectivity index is 1.78. The lowest BCUT2D eigenvalue weighted by molar-refractivity contribution is -0.0453. The maximum absolute atomic E-state index is 13.0. The SMILES string of the molecule is C[C@@H]1CN(S(=O)(=O)N2C[C@H](CO)[C@H](c3ccsc3)C2)C[C@H](C)O1. The summed E-state index contributed by atoms with van der Waals surface area (Å²) in [5.41, 5.74) is 1.12. The van der Waals surface area contributed by atoms with E-state index in [9.17, 15) is 13.5 Å². The lowest BCUT2D eigenvalue weighted by Crippen LogP contribution is -2.52. The van der Waals surface area contributed by atoms with Crippen LogP contribution in [0.2, 0.25) is 0 Å². The average Bonchev–Trinajstić information content (AvgIpc) is 3.15. The summed E-state index contributed by atoms with van der Waals surface area (Å²) < 4.78 is 34.6. The van der Waals surface area contributed by atoms with Crippen LogP contribution in [0.4, 0.5) is 0 Å². The summed E-state index contributed by atoms with van der Waals surface area (Å²) >= 11 is 1.60. The maximum Gasteiger partial charge on any atom is 0.282 e. The Bertz CT molecular complexity index is 609. The van der Waals surface area contributed by atoms with Crippen LogP contribution in [-0.2, 0) is 14.9 Å². The molecule has 3 heterocycles. The minimum atomic E-state index is -3.52. The summed E-state index contributed by atoms with van der Waals surface area (Å²) in [7, 11) is -3.52. The van der Waals surface area contributed by atoms with E-state index in [-0.39, 0.29) is 30.7 Å². The van der Waals surface area contributed by atoms with Crippen LogP contribution in [0, 0.1) is 5.92 Å². The van der Waals surface area contributed by atoms with Gasteiger partial charge in [0.1, 0.15) is 0 Å². The van der Waals surface area contributed by atoms with E-state index in [1.807, 2.05) is 30.7 Å². The van der Waals surface area contributed by atoms with Crippen molar-refractivity contribution in [3.63, 3.8) is 0 Å². The molecule has 130 valence electrons. The first-order chi connectivity index (χ1) is 10.9. The Hall–Kier alpha value is -0.510. The standard InChI is InChI=1S/C15H24N2O4S2/c1-11-5-16(6-12(2)21-11)23(19,20)17-7-14(9-18)15(8-17)13-3-4-22-10-13/h3-4,10-12,14-15,18H,5-9H2,1-2H3/t11-,12+,14-,15+/m1/s1. The number of nitrogens with zero attached hydrogens (tertiary/aromatic N) is 2. The molecule has 4 atom stereocenters. The van der Waals surface area contributed by atoms with Crippen LogP contribution in [0.5, 0.6) is 0 Å². The second kappa shape index (κ2) is 6.78. The van der Waals surface area contributed by atoms with Crippen molar-refractivity contribution in [2.24, 2.45) is 5.92 Å². The highest BCUT2D eigenvalue weighted by molar-refractivity contribution is 7.86. The summed E-state index contributed by atoms with van der Waals surface area (Å²) in [4.78, 5) is 0. The van der Waals surface area contributed by atoms with Crippen molar-refractivity contribution < 1.29 is 18.3 Å². The van der Waals surface area contributed by atoms with Crippen molar-refractivity contribution in [3.05, 3.63) is 22.4 Å². The molecule has 2 fully saturated rings. The number of thiophene rings is 1. The van der Waals surface area contributed by atoms with Gasteiger partial charge in [0, 0.05) is 44.6 Å². The van der Waals surface area contributed by atoms with Gasteiger partial charge in [-0.25, -0.2) is 0 Å². The average molecular weight is 361 g/mol. The summed E-state index contributed by atoms with van der Waals surface area (Å²) in [5, 5.41) is 13.7. The molecule has 0 bridgehead atoms. The minimum absolute atomic E-state index is 0.00243. The highest BCUT2D eigenvalue weighted by Crippen LogP contribution is 2.35. The molecule has 2 aliphatic heterocycles. The van der Waals surface area contributed by atoms with Gasteiger partial charge >= 0.3 is 0 Å². The van der Waals surface area contributed by atoms with E-state index in [0.29, 0.717) is 26.2 Å². The fraction of sp³-hybridized carbons (Fsp3) is 0.733. The van der Waals surface area contributed by atoms with E-state index in [2.05, 4.69) is 0 Å². The van der Waals surface area contributed by atoms with Gasteiger partial charge in [-0.15, -0.1) is 0 Å². The topological polar surface area (TPSA) is 70.1 Å². The van der Waals surface area contributed by atoms with Crippen molar-refractivity contribution in [2.45, 2.75) is 32.0 Å². The van der Waals surface area contributed by atoms with E-state index >= 15 is 0 Å². The molecule has 8 heteroatoms. The number of rotatable bonds is 4. The first-order valence-electron chi connectivity index (χ1n) is 7.95. The first kappa shape index (κ1) is 17.3. The van der Waals surface area contributed by atoms with Gasteiger partial charge in [0.25, 0.3) is 10.2 Å². The zero-order chi connectivity index (χ0) is 16.6. The van der Waals surface area contributed by atoms with E-state index in [4.69, 9.17) is 4.74 Å². The molecule has 0 radical (unpaired) electrons. The smallest absolute Gasteiger partial charge is 0.282 e. The van der Waals surface area contributed by atoms with Crippen molar-refractivity contribution in [1.82, 2.24) is 8.61 Å². The quantitative estimate of drug-likeness (QED) is 0.873. The molecule has 2 aliphatic rings. The van der Waals surface area contributed by atoms with Crippen LogP contribution in [0.1, 0.15) is 25.3 Å². The van der Waals surface area contributed by atoms with Gasteiger partial charge in [0.05, 0.1) is 12.2 Å². The van der Waals surface area contributed by atoms with Gasteiger partial charge in [-0.2, -0.15) is 28.4 Å². The maximum atomic E-state index is 13.0. The Kier molecular flexibility index (Phi) is 5.10. The fourth-order valence-corrected chi connectivity index (χ4v) is 6.13. The Labute approximate surface area is 141 Å². The van der Waals surface area contributed by atoms with Crippen molar-refractivity contribution >= 4 is 21.5 Å². The summed E-state index contributed by atoms with van der Waals surface area (Å²) in [6, 6.07) is 2.02. The molecule has 0 aliphatic carbocycles. The number of aliphatic hydroxyl groups is 1. The van der Waals surface area contributed by atoms with Crippen molar-refractivity contribution in [2.75, 3.05) is 32.8 Å². The van der Waals surface area contributed by atoms with E-state index < -0.39 is 10.2 Å². The van der Waals surface area contributed by atoms with Crippen molar-refractivity contribution in [1.29, 1.82) is 0 Å². The molecule has 6 nitrogen and oxygen atoms in total. The van der Waals surface area contributed by atoms with Gasteiger partial charge in [-0.05, 0) is 36.2 Å². The molecule has 0 spiro atoms. The van der Waals surface area contributed by atoms with Gasteiger partial charge in [-0.1, -0.05) is 0 Å². The van der Waals surface area contributed by atoms with E-state index in [0.717, 1.165) is 5.56 Å². The van der Waals surface area contributed by atoms with E-state index in [1.54, 1.807) is 11.3 Å². The summed E-state index contributed by atoms with van der Waals surface area (Å²) in [6.45, 7) is 5.37. The zero-order valence-corrected chi connectivity index (χ0v) is 15.1. The van der Waals surface area contributed by atoms with Crippen LogP contribution < -0.4 is 0 Å². The Morgan fingerprint density at radius 2 is 1.87 bits per heavy atom. The van der Waals surface area contributed by atoms with E-state index in [1.165, 1.54) is 8.61 Å². The van der Waals surface area contributed by atoms with Crippen LogP contribution in [0.15, 0.2) is 16.8 Å². The predicted molar refractivity (Wildman–Crippen MR) is 89.7 cm³/mol. The molecule has 1 aromatic heterocycles. The second-order valence-corrected chi connectivity index (χ2v) is 9.21. The fourth-order valence-electron chi connectivity index (χ4n) is 3.55. The van der Waals surface area contributed by atoms with Crippen LogP contribution in [0.25, 0.3) is 0 Å². The van der Waals surface area contributed by atoms with Crippen LogP contribution >= 0.6 is 11.3 Å². The number of hydrogen-bond donors (Lipinski definition) is 1. The normalized spacial score (nSPS) is 34.0. The number of aliphatic hydroxyl groups excluding tert-OH is 1. The predicted octanol–water partition coefficient (Wildman–Crippen LogP) is 1.11. The third-order valence-corrected chi connectivity index (χ3v) is 7.25. The summed E-state index contributed by atoms with van der Waals surface area (Å²) in [5.74, 6) is 0.0205. The third-order valence-electron chi connectivity index (χ3n) is 4.65. The highest BCUT2D eigenvalue weighted by Gasteiger charge is 2.43. The number of ether oxygens (including phenoxy) is 1. The monoisotopic (exact) mass is 360 g/mol. The van der Waals surface area contributed by atoms with Crippen LogP contribution in [-0.4, -0.2) is 67.1 Å². The number of hydrogen-bond acceptors (Lipinski definition) is 5. The molecule has 0 saturated carbocycles. The van der Waals surface area contributed by atoms with Gasteiger partial charge < -0.3 is 9.84 Å². The summed E-state index contributed by atoms with van der Waals surface area (Å²) in [6.07, 6.45) is -0.199. The lowest BCUT2D eigenvalue weighted by Gasteiger charge is -2.36. The molecule has 3 rings (SSSR count). The second-order valence-electron chi connectivity index (χ2n) is 6.50. The first-order valence-corrected chi connectivity index (χ1v) is 10.3. The molecule has 0 unspecified atom stereocenters. The molecule has 2 saturated heterocycles. The zero-order valence-electron chi connectivity index (χ0n) is 13.5. The highest BCUT2D eigenvalue weighted by atomic mass is 32.2. The van der Waals surface area contributed by atoms with Crippen LogP contribution in [0.3, 0.4) is 0 Å². The van der Waals surface area contributed by atoms with Crippen molar-refractivity contribution in [3.8, 4) is 0 Å². The molecule has 1 N–H and O–H groups in total. The Morgan fingerprint density at radius 1 is 1.22 bits per heavy atom. The van der Waals surface area contributed by atoms with Gasteiger partial charge in [-0.3, -0.25) is 0 Å². The molecular weight excluding hydrogens is 336 g/mol. The minimum Gasteiger partial charge on any atom is -0.396 e. The van der Waals surface area contributed by atoms with Gasteiger partial charge in [0.15, 0.2) is 0 Å². The van der Waals surface area contributed by atoms with Gasteiger partial charge in [0.2, 0.25) is 0 Å². The molecule has 1 aromatic rings. The molecular formula is C15H24N2O4S2. The number of morpholine rings is 1.